The number of nitrogens with zero attached hydrogens (tertiary/aromatic N) is 5. The first-order valence-corrected chi connectivity index (χ1v) is 8.75. The summed E-state index contributed by atoms with van der Waals surface area (Å²) in [7, 11) is 3.96. The molecule has 1 saturated heterocycles. The average Bonchev–Trinajstić information content (AvgIpc) is 2.66. The molecule has 7 nitrogen and oxygen atoms in total. The lowest BCUT2D eigenvalue weighted by Gasteiger charge is -2.35. The summed E-state index contributed by atoms with van der Waals surface area (Å²) < 4.78 is 5.62. The normalized spacial score (nSPS) is 14.3. The highest BCUT2D eigenvalue weighted by molar-refractivity contribution is 5.78. The van der Waals surface area contributed by atoms with Crippen molar-refractivity contribution in [3.63, 3.8) is 0 Å². The van der Waals surface area contributed by atoms with Crippen molar-refractivity contribution in [3.8, 4) is 5.75 Å². The van der Waals surface area contributed by atoms with Crippen LogP contribution >= 0.6 is 0 Å². The van der Waals surface area contributed by atoms with Gasteiger partial charge in [-0.05, 0) is 24.6 Å². The SMILES string of the molecule is Cc1cccc(OCC(=O)N2CCN(c3cc(N(C)C)cnn3)CC2)c1. The van der Waals surface area contributed by atoms with Crippen molar-refractivity contribution in [1.82, 2.24) is 15.1 Å². The number of hydrogen-bond acceptors (Lipinski definition) is 6. The predicted octanol–water partition coefficient (Wildman–Crippen LogP) is 1.58. The lowest BCUT2D eigenvalue weighted by molar-refractivity contribution is -0.133. The Morgan fingerprint density at radius 1 is 1.19 bits per heavy atom. The van der Waals surface area contributed by atoms with Gasteiger partial charge < -0.3 is 19.4 Å². The van der Waals surface area contributed by atoms with Crippen LogP contribution in [0.15, 0.2) is 36.5 Å². The van der Waals surface area contributed by atoms with Gasteiger partial charge in [0, 0.05) is 46.3 Å². The zero-order valence-electron chi connectivity index (χ0n) is 15.6. The van der Waals surface area contributed by atoms with Crippen LogP contribution in [0.3, 0.4) is 0 Å². The van der Waals surface area contributed by atoms with Gasteiger partial charge in [-0.1, -0.05) is 12.1 Å². The van der Waals surface area contributed by atoms with E-state index in [2.05, 4.69) is 15.1 Å². The van der Waals surface area contributed by atoms with Crippen LogP contribution in [0.1, 0.15) is 5.56 Å². The Labute approximate surface area is 154 Å². The molecule has 1 aromatic carbocycles. The maximum absolute atomic E-state index is 12.4. The molecule has 138 valence electrons. The lowest BCUT2D eigenvalue weighted by atomic mass is 10.2. The number of aromatic nitrogens is 2. The minimum Gasteiger partial charge on any atom is -0.484 e. The quantitative estimate of drug-likeness (QED) is 0.812. The molecule has 3 rings (SSSR count). The Bertz CT molecular complexity index is 757. The number of hydrogen-bond donors (Lipinski definition) is 0. The Morgan fingerprint density at radius 2 is 1.96 bits per heavy atom. The minimum atomic E-state index is 0.0132. The molecule has 1 amide bonds. The summed E-state index contributed by atoms with van der Waals surface area (Å²) in [4.78, 5) is 18.4. The maximum Gasteiger partial charge on any atom is 0.260 e. The number of carbonyl (C=O) groups excluding carboxylic acids is 1. The molecule has 1 aromatic heterocycles. The number of amides is 1. The molecule has 0 saturated carbocycles. The van der Waals surface area contributed by atoms with Gasteiger partial charge >= 0.3 is 0 Å². The summed E-state index contributed by atoms with van der Waals surface area (Å²) >= 11 is 0. The van der Waals surface area contributed by atoms with Crippen molar-refractivity contribution in [2.75, 3.05) is 56.7 Å². The average molecular weight is 355 g/mol. The molecule has 0 radical (unpaired) electrons. The molecule has 0 atom stereocenters. The Hall–Kier alpha value is -2.83. The van der Waals surface area contributed by atoms with E-state index >= 15 is 0 Å². The first-order valence-electron chi connectivity index (χ1n) is 8.75. The van der Waals surface area contributed by atoms with E-state index in [-0.39, 0.29) is 12.5 Å². The van der Waals surface area contributed by atoms with E-state index in [9.17, 15) is 4.79 Å². The number of aryl methyl sites for hydroxylation is 1. The highest BCUT2D eigenvalue weighted by Gasteiger charge is 2.22. The molecule has 2 aromatic rings. The molecule has 0 N–H and O–H groups in total. The van der Waals surface area contributed by atoms with Gasteiger partial charge in [-0.3, -0.25) is 4.79 Å². The molecule has 1 fully saturated rings. The van der Waals surface area contributed by atoms with Crippen molar-refractivity contribution < 1.29 is 9.53 Å². The standard InChI is InChI=1S/C19H25N5O2/c1-15-5-4-6-17(11-15)26-14-19(25)24-9-7-23(8-10-24)18-12-16(22(2)3)13-20-21-18/h4-6,11-13H,7-10,14H2,1-3H3. The fourth-order valence-electron chi connectivity index (χ4n) is 2.87. The van der Waals surface area contributed by atoms with Crippen molar-refractivity contribution in [2.45, 2.75) is 6.92 Å². The molecule has 0 bridgehead atoms. The molecular weight excluding hydrogens is 330 g/mol. The van der Waals surface area contributed by atoms with Crippen LogP contribution in [-0.4, -0.2) is 67.9 Å². The molecule has 0 unspecified atom stereocenters. The number of rotatable bonds is 5. The van der Waals surface area contributed by atoms with Gasteiger partial charge in [0.25, 0.3) is 5.91 Å². The van der Waals surface area contributed by atoms with E-state index in [1.165, 1.54) is 0 Å². The monoisotopic (exact) mass is 355 g/mol. The Balaban J connectivity index is 1.51. The van der Waals surface area contributed by atoms with Crippen LogP contribution in [0.5, 0.6) is 5.75 Å². The first-order chi connectivity index (χ1) is 12.5. The van der Waals surface area contributed by atoms with Crippen LogP contribution in [0.2, 0.25) is 0 Å². The maximum atomic E-state index is 12.4. The van der Waals surface area contributed by atoms with Gasteiger partial charge in [0.2, 0.25) is 0 Å². The third kappa shape index (κ3) is 4.41. The number of ether oxygens (including phenoxy) is 1. The Kier molecular flexibility index (Phi) is 5.55. The van der Waals surface area contributed by atoms with E-state index in [1.807, 2.05) is 61.2 Å². The highest BCUT2D eigenvalue weighted by atomic mass is 16.5. The van der Waals surface area contributed by atoms with E-state index in [0.29, 0.717) is 13.1 Å². The van der Waals surface area contributed by atoms with Crippen molar-refractivity contribution in [2.24, 2.45) is 0 Å². The van der Waals surface area contributed by atoms with Gasteiger partial charge in [0.15, 0.2) is 12.4 Å². The second kappa shape index (κ2) is 8.03. The van der Waals surface area contributed by atoms with Gasteiger partial charge in [-0.15, -0.1) is 5.10 Å². The molecule has 0 spiro atoms. The molecular formula is C19H25N5O2. The smallest absolute Gasteiger partial charge is 0.260 e. The molecule has 1 aliphatic rings. The topological polar surface area (TPSA) is 61.8 Å². The zero-order chi connectivity index (χ0) is 18.5. The second-order valence-corrected chi connectivity index (χ2v) is 6.64. The van der Waals surface area contributed by atoms with Crippen LogP contribution in [-0.2, 0) is 4.79 Å². The summed E-state index contributed by atoms with van der Waals surface area (Å²) in [5.41, 5.74) is 2.13. The second-order valence-electron chi connectivity index (χ2n) is 6.64. The largest absolute Gasteiger partial charge is 0.484 e. The third-order valence-electron chi connectivity index (χ3n) is 4.45. The molecule has 1 aliphatic heterocycles. The summed E-state index contributed by atoms with van der Waals surface area (Å²) in [6.07, 6.45) is 1.74. The number of piperazine rings is 1. The number of benzene rings is 1. The zero-order valence-corrected chi connectivity index (χ0v) is 15.6. The molecule has 7 heteroatoms. The van der Waals surface area contributed by atoms with Crippen molar-refractivity contribution in [1.29, 1.82) is 0 Å². The summed E-state index contributed by atoms with van der Waals surface area (Å²) in [5.74, 6) is 1.59. The fraction of sp³-hybridized carbons (Fsp3) is 0.421. The fourth-order valence-corrected chi connectivity index (χ4v) is 2.87. The van der Waals surface area contributed by atoms with Crippen LogP contribution in [0, 0.1) is 6.92 Å². The lowest BCUT2D eigenvalue weighted by Crippen LogP contribution is -2.50. The van der Waals surface area contributed by atoms with E-state index in [0.717, 1.165) is 35.9 Å². The summed E-state index contributed by atoms with van der Waals surface area (Å²) in [5, 5.41) is 8.29. The summed E-state index contributed by atoms with van der Waals surface area (Å²) in [6, 6.07) is 9.75. The van der Waals surface area contributed by atoms with Gasteiger partial charge in [-0.25, -0.2) is 0 Å². The summed E-state index contributed by atoms with van der Waals surface area (Å²) in [6.45, 7) is 4.86. The Morgan fingerprint density at radius 3 is 2.65 bits per heavy atom. The van der Waals surface area contributed by atoms with Gasteiger partial charge in [0.05, 0.1) is 11.9 Å². The van der Waals surface area contributed by atoms with Crippen molar-refractivity contribution in [3.05, 3.63) is 42.1 Å². The first kappa shape index (κ1) is 18.0. The predicted molar refractivity (Wildman–Crippen MR) is 102 cm³/mol. The molecule has 26 heavy (non-hydrogen) atoms. The van der Waals surface area contributed by atoms with E-state index in [4.69, 9.17) is 4.74 Å². The molecule has 2 heterocycles. The highest BCUT2D eigenvalue weighted by Crippen LogP contribution is 2.18. The van der Waals surface area contributed by atoms with E-state index < -0.39 is 0 Å². The van der Waals surface area contributed by atoms with E-state index in [1.54, 1.807) is 6.20 Å². The van der Waals surface area contributed by atoms with Gasteiger partial charge in [0.1, 0.15) is 5.75 Å². The molecule has 0 aliphatic carbocycles. The van der Waals surface area contributed by atoms with Crippen LogP contribution in [0.25, 0.3) is 0 Å². The van der Waals surface area contributed by atoms with Crippen LogP contribution in [0.4, 0.5) is 11.5 Å². The van der Waals surface area contributed by atoms with Crippen LogP contribution < -0.4 is 14.5 Å². The number of carbonyl (C=O) groups is 1. The third-order valence-corrected chi connectivity index (χ3v) is 4.45. The van der Waals surface area contributed by atoms with Crippen molar-refractivity contribution >= 4 is 17.4 Å². The van der Waals surface area contributed by atoms with Gasteiger partial charge in [-0.2, -0.15) is 5.10 Å². The number of anilines is 2. The minimum absolute atomic E-state index is 0.0132.